The minimum Gasteiger partial charge on any atom is -0.486 e. The van der Waals surface area contributed by atoms with E-state index in [1.165, 1.54) is 0 Å². The van der Waals surface area contributed by atoms with E-state index in [1.807, 2.05) is 31.2 Å². The zero-order chi connectivity index (χ0) is 15.7. The van der Waals surface area contributed by atoms with Crippen LogP contribution < -0.4 is 10.5 Å². The summed E-state index contributed by atoms with van der Waals surface area (Å²) in [5.41, 5.74) is 7.69. The van der Waals surface area contributed by atoms with Crippen LogP contribution in [0.25, 0.3) is 5.52 Å². The molecule has 22 heavy (non-hydrogen) atoms. The molecule has 112 valence electrons. The molecule has 2 aromatic heterocycles. The summed E-state index contributed by atoms with van der Waals surface area (Å²) < 4.78 is 7.32. The van der Waals surface area contributed by atoms with E-state index < -0.39 is 5.97 Å². The van der Waals surface area contributed by atoms with Crippen molar-refractivity contribution in [2.24, 2.45) is 0 Å². The highest BCUT2D eigenvalue weighted by molar-refractivity contribution is 5.97. The molecule has 0 amide bonds. The van der Waals surface area contributed by atoms with Gasteiger partial charge in [0.1, 0.15) is 17.9 Å². The van der Waals surface area contributed by atoms with Crippen molar-refractivity contribution in [1.29, 1.82) is 0 Å². The fourth-order valence-electron chi connectivity index (χ4n) is 2.26. The minimum atomic E-state index is -1.11. The summed E-state index contributed by atoms with van der Waals surface area (Å²) >= 11 is 0. The maximum absolute atomic E-state index is 11.3. The first-order valence-corrected chi connectivity index (χ1v) is 6.74. The third-order valence-corrected chi connectivity index (χ3v) is 3.36. The molecule has 3 rings (SSSR count). The van der Waals surface area contributed by atoms with Crippen LogP contribution in [0.5, 0.6) is 5.75 Å². The van der Waals surface area contributed by atoms with E-state index in [4.69, 9.17) is 10.5 Å². The number of fused-ring (bicyclic) bond motifs is 1. The largest absolute Gasteiger partial charge is 0.486 e. The molecule has 0 saturated heterocycles. The Morgan fingerprint density at radius 1 is 1.32 bits per heavy atom. The topological polar surface area (TPSA) is 89.8 Å². The van der Waals surface area contributed by atoms with Crippen molar-refractivity contribution in [2.45, 2.75) is 13.5 Å². The minimum absolute atomic E-state index is 0.0689. The van der Waals surface area contributed by atoms with Gasteiger partial charge in [-0.15, -0.1) is 0 Å². The maximum atomic E-state index is 11.3. The number of aromatic carboxylic acids is 1. The van der Waals surface area contributed by atoms with E-state index in [2.05, 4.69) is 4.98 Å². The van der Waals surface area contributed by atoms with Gasteiger partial charge in [-0.1, -0.05) is 17.7 Å². The SMILES string of the molecule is Cc1ccc(OCc2nc(C(=O)O)c3c(N)cccn23)cc1. The van der Waals surface area contributed by atoms with Crippen LogP contribution in [0.15, 0.2) is 42.6 Å². The molecule has 2 heterocycles. The Hall–Kier alpha value is -3.02. The molecular weight excluding hydrogens is 282 g/mol. The third-order valence-electron chi connectivity index (χ3n) is 3.36. The van der Waals surface area contributed by atoms with Gasteiger partial charge < -0.3 is 15.6 Å². The number of carboxylic acid groups (broad SMARTS) is 1. The predicted molar refractivity (Wildman–Crippen MR) is 82.1 cm³/mol. The van der Waals surface area contributed by atoms with E-state index in [9.17, 15) is 9.90 Å². The fraction of sp³-hybridized carbons (Fsp3) is 0.125. The number of nitrogens with zero attached hydrogens (tertiary/aromatic N) is 2. The molecule has 0 aliphatic carbocycles. The molecule has 6 heteroatoms. The molecule has 6 nitrogen and oxygen atoms in total. The number of benzene rings is 1. The van der Waals surface area contributed by atoms with Crippen LogP contribution >= 0.6 is 0 Å². The first-order chi connectivity index (χ1) is 10.6. The van der Waals surface area contributed by atoms with Crippen LogP contribution in [0, 0.1) is 6.92 Å². The number of hydrogen-bond donors (Lipinski definition) is 2. The summed E-state index contributed by atoms with van der Waals surface area (Å²) in [5, 5.41) is 9.26. The number of imidazole rings is 1. The Balaban J connectivity index is 1.95. The fourth-order valence-corrected chi connectivity index (χ4v) is 2.26. The number of rotatable bonds is 4. The number of nitrogen functional groups attached to an aromatic ring is 1. The average molecular weight is 297 g/mol. The number of hydrogen-bond acceptors (Lipinski definition) is 4. The molecule has 0 atom stereocenters. The molecular formula is C16H15N3O3. The Bertz CT molecular complexity index is 838. The normalized spacial score (nSPS) is 10.8. The van der Waals surface area contributed by atoms with Crippen LogP contribution in [0.3, 0.4) is 0 Å². The monoisotopic (exact) mass is 297 g/mol. The van der Waals surface area contributed by atoms with E-state index in [1.54, 1.807) is 22.7 Å². The number of pyridine rings is 1. The maximum Gasteiger partial charge on any atom is 0.356 e. The van der Waals surface area contributed by atoms with Gasteiger partial charge >= 0.3 is 5.97 Å². The van der Waals surface area contributed by atoms with Crippen LogP contribution in [-0.4, -0.2) is 20.5 Å². The van der Waals surface area contributed by atoms with Gasteiger partial charge in [-0.2, -0.15) is 0 Å². The lowest BCUT2D eigenvalue weighted by atomic mass is 10.2. The number of carbonyl (C=O) groups is 1. The average Bonchev–Trinajstić information content (AvgIpc) is 2.87. The van der Waals surface area contributed by atoms with Crippen LogP contribution in [0.1, 0.15) is 21.9 Å². The van der Waals surface area contributed by atoms with Crippen LogP contribution in [-0.2, 0) is 6.61 Å². The molecule has 1 aromatic carbocycles. The standard InChI is InChI=1S/C16H15N3O3/c1-10-4-6-11(7-5-10)22-9-13-18-14(16(20)21)15-12(17)3-2-8-19(13)15/h2-8H,9,17H2,1H3,(H,20,21). The Morgan fingerprint density at radius 3 is 2.73 bits per heavy atom. The highest BCUT2D eigenvalue weighted by atomic mass is 16.5. The first kappa shape index (κ1) is 13.9. The molecule has 0 bridgehead atoms. The van der Waals surface area contributed by atoms with Crippen molar-refractivity contribution in [3.8, 4) is 5.75 Å². The molecule has 0 fully saturated rings. The Morgan fingerprint density at radius 2 is 2.05 bits per heavy atom. The second-order valence-electron chi connectivity index (χ2n) is 4.97. The lowest BCUT2D eigenvalue weighted by Crippen LogP contribution is -2.01. The van der Waals surface area contributed by atoms with Gasteiger partial charge in [-0.25, -0.2) is 9.78 Å². The molecule has 0 saturated carbocycles. The van der Waals surface area contributed by atoms with E-state index >= 15 is 0 Å². The highest BCUT2D eigenvalue weighted by Gasteiger charge is 2.18. The lowest BCUT2D eigenvalue weighted by molar-refractivity contribution is 0.0693. The summed E-state index contributed by atoms with van der Waals surface area (Å²) in [6, 6.07) is 11.0. The Kier molecular flexibility index (Phi) is 3.42. The van der Waals surface area contributed by atoms with Gasteiger partial charge in [0.05, 0.1) is 5.69 Å². The summed E-state index contributed by atoms with van der Waals surface area (Å²) in [5.74, 6) is 0.0698. The van der Waals surface area contributed by atoms with E-state index in [0.717, 1.165) is 5.56 Å². The lowest BCUT2D eigenvalue weighted by Gasteiger charge is -2.06. The van der Waals surface area contributed by atoms with Gasteiger partial charge in [0, 0.05) is 6.20 Å². The predicted octanol–water partition coefficient (Wildman–Crippen LogP) is 2.50. The van der Waals surface area contributed by atoms with Crippen molar-refractivity contribution >= 4 is 17.2 Å². The van der Waals surface area contributed by atoms with Gasteiger partial charge in [0.25, 0.3) is 0 Å². The number of nitrogens with two attached hydrogens (primary N) is 1. The number of anilines is 1. The van der Waals surface area contributed by atoms with Crippen molar-refractivity contribution < 1.29 is 14.6 Å². The van der Waals surface area contributed by atoms with Crippen LogP contribution in [0.2, 0.25) is 0 Å². The van der Waals surface area contributed by atoms with E-state index in [0.29, 0.717) is 22.8 Å². The van der Waals surface area contributed by atoms with E-state index in [-0.39, 0.29) is 12.3 Å². The van der Waals surface area contributed by atoms with Gasteiger partial charge in [0.15, 0.2) is 11.5 Å². The second-order valence-corrected chi connectivity index (χ2v) is 4.97. The number of aromatic nitrogens is 2. The molecule has 3 aromatic rings. The number of ether oxygens (including phenoxy) is 1. The molecule has 0 aliphatic rings. The zero-order valence-electron chi connectivity index (χ0n) is 12.0. The van der Waals surface area contributed by atoms with Gasteiger partial charge in [-0.3, -0.25) is 4.40 Å². The molecule has 0 aliphatic heterocycles. The number of aryl methyl sites for hydroxylation is 1. The highest BCUT2D eigenvalue weighted by Crippen LogP contribution is 2.21. The summed E-state index contributed by atoms with van der Waals surface area (Å²) in [6.45, 7) is 2.15. The molecule has 0 unspecified atom stereocenters. The van der Waals surface area contributed by atoms with Crippen molar-refractivity contribution in [3.05, 3.63) is 59.7 Å². The smallest absolute Gasteiger partial charge is 0.356 e. The summed E-state index contributed by atoms with van der Waals surface area (Å²) in [4.78, 5) is 15.5. The Labute approximate surface area is 126 Å². The quantitative estimate of drug-likeness (QED) is 0.772. The van der Waals surface area contributed by atoms with Crippen LogP contribution in [0.4, 0.5) is 5.69 Å². The third kappa shape index (κ3) is 2.46. The van der Waals surface area contributed by atoms with Crippen molar-refractivity contribution in [1.82, 2.24) is 9.38 Å². The summed E-state index contributed by atoms with van der Waals surface area (Å²) in [6.07, 6.45) is 1.72. The van der Waals surface area contributed by atoms with Crippen molar-refractivity contribution in [2.75, 3.05) is 5.73 Å². The zero-order valence-corrected chi connectivity index (χ0v) is 12.0. The molecule has 0 spiro atoms. The second kappa shape index (κ2) is 5.40. The van der Waals surface area contributed by atoms with Crippen molar-refractivity contribution in [3.63, 3.8) is 0 Å². The first-order valence-electron chi connectivity index (χ1n) is 6.74. The number of carboxylic acids is 1. The van der Waals surface area contributed by atoms with Gasteiger partial charge in [0.2, 0.25) is 0 Å². The molecule has 3 N–H and O–H groups in total. The van der Waals surface area contributed by atoms with Gasteiger partial charge in [-0.05, 0) is 31.2 Å². The molecule has 0 radical (unpaired) electrons. The summed E-state index contributed by atoms with van der Waals surface area (Å²) in [7, 11) is 0.